The average Bonchev–Trinajstić information content (AvgIpc) is 3.18. The summed E-state index contributed by atoms with van der Waals surface area (Å²) in [6, 6.07) is 10.3. The third-order valence-corrected chi connectivity index (χ3v) is 4.85. The first kappa shape index (κ1) is 17.2. The van der Waals surface area contributed by atoms with Crippen LogP contribution in [0.15, 0.2) is 42.5 Å². The van der Waals surface area contributed by atoms with E-state index >= 15 is 0 Å². The molecule has 0 bridgehead atoms. The van der Waals surface area contributed by atoms with Crippen molar-refractivity contribution in [2.45, 2.75) is 12.6 Å². The Labute approximate surface area is 157 Å². The highest BCUT2D eigenvalue weighted by Crippen LogP contribution is 2.40. The Balaban J connectivity index is 1.89. The van der Waals surface area contributed by atoms with Gasteiger partial charge in [-0.05, 0) is 48.9 Å². The zero-order valence-corrected chi connectivity index (χ0v) is 14.8. The molecule has 0 saturated carbocycles. The van der Waals surface area contributed by atoms with Crippen LogP contribution in [-0.2, 0) is 12.6 Å². The van der Waals surface area contributed by atoms with Crippen LogP contribution < -0.4 is 5.32 Å². The third-order valence-electron chi connectivity index (χ3n) is 4.27. The second kappa shape index (κ2) is 6.21. The molecule has 0 spiro atoms. The van der Waals surface area contributed by atoms with E-state index in [0.29, 0.717) is 23.7 Å². The van der Waals surface area contributed by atoms with Crippen molar-refractivity contribution in [2.24, 2.45) is 0 Å². The summed E-state index contributed by atoms with van der Waals surface area (Å²) in [7, 11) is 0. The van der Waals surface area contributed by atoms with E-state index in [-0.39, 0.29) is 10.6 Å². The fraction of sp³-hybridized carbons (Fsp3) is 0.167. The first-order valence-electron chi connectivity index (χ1n) is 7.83. The number of nitrogens with zero attached hydrogens (tertiary/aromatic N) is 2. The van der Waals surface area contributed by atoms with Gasteiger partial charge in [0.2, 0.25) is 0 Å². The van der Waals surface area contributed by atoms with E-state index in [1.54, 1.807) is 28.9 Å². The molecule has 0 unspecified atom stereocenters. The Kier molecular flexibility index (Phi) is 4.12. The highest BCUT2D eigenvalue weighted by atomic mass is 35.5. The van der Waals surface area contributed by atoms with Crippen molar-refractivity contribution in [3.63, 3.8) is 0 Å². The Morgan fingerprint density at radius 3 is 2.46 bits per heavy atom. The van der Waals surface area contributed by atoms with Crippen LogP contribution in [0.3, 0.4) is 0 Å². The standard InChI is InChI=1S/C18H12Cl2F3N3/c19-11-2-4-12(5-3-11)26-17-13(7-8-24-17)16(25-26)14-9-10(18(21,22)23)1-6-15(14)20/h1-6,9,24H,7-8H2. The molecule has 0 fully saturated rings. The van der Waals surface area contributed by atoms with Gasteiger partial charge in [-0.25, -0.2) is 4.68 Å². The Hall–Kier alpha value is -2.18. The minimum absolute atomic E-state index is 0.230. The maximum Gasteiger partial charge on any atom is 0.416 e. The average molecular weight is 398 g/mol. The molecule has 26 heavy (non-hydrogen) atoms. The van der Waals surface area contributed by atoms with E-state index in [4.69, 9.17) is 23.2 Å². The van der Waals surface area contributed by atoms with Gasteiger partial charge in [-0.15, -0.1) is 0 Å². The van der Waals surface area contributed by atoms with Gasteiger partial charge in [0.15, 0.2) is 0 Å². The maximum absolute atomic E-state index is 13.1. The van der Waals surface area contributed by atoms with Crippen molar-refractivity contribution >= 4 is 29.0 Å². The molecule has 134 valence electrons. The number of alkyl halides is 3. The molecule has 0 saturated heterocycles. The van der Waals surface area contributed by atoms with Gasteiger partial charge in [0, 0.05) is 22.7 Å². The number of rotatable bonds is 2. The van der Waals surface area contributed by atoms with Crippen molar-refractivity contribution in [2.75, 3.05) is 11.9 Å². The summed E-state index contributed by atoms with van der Waals surface area (Å²) >= 11 is 12.1. The molecule has 2 aromatic carbocycles. The summed E-state index contributed by atoms with van der Waals surface area (Å²) in [5.74, 6) is 0.760. The SMILES string of the molecule is FC(F)(F)c1ccc(Cl)c(-c2nn(-c3ccc(Cl)cc3)c3c2CCN3)c1. The minimum atomic E-state index is -4.44. The van der Waals surface area contributed by atoms with Crippen LogP contribution in [0.5, 0.6) is 0 Å². The minimum Gasteiger partial charge on any atom is -0.369 e. The van der Waals surface area contributed by atoms with E-state index in [1.165, 1.54) is 6.07 Å². The van der Waals surface area contributed by atoms with Crippen LogP contribution in [-0.4, -0.2) is 16.3 Å². The molecule has 0 amide bonds. The lowest BCUT2D eigenvalue weighted by atomic mass is 10.0. The topological polar surface area (TPSA) is 29.9 Å². The lowest BCUT2D eigenvalue weighted by molar-refractivity contribution is -0.137. The van der Waals surface area contributed by atoms with Gasteiger partial charge in [0.25, 0.3) is 0 Å². The number of hydrogen-bond donors (Lipinski definition) is 1. The fourth-order valence-corrected chi connectivity index (χ4v) is 3.38. The molecular weight excluding hydrogens is 386 g/mol. The number of nitrogens with one attached hydrogen (secondary N) is 1. The van der Waals surface area contributed by atoms with Gasteiger partial charge >= 0.3 is 6.18 Å². The van der Waals surface area contributed by atoms with Gasteiger partial charge in [0.1, 0.15) is 5.82 Å². The lowest BCUT2D eigenvalue weighted by Gasteiger charge is -2.10. The van der Waals surface area contributed by atoms with E-state index in [2.05, 4.69) is 10.4 Å². The summed E-state index contributed by atoms with van der Waals surface area (Å²) in [6.07, 6.45) is -3.79. The lowest BCUT2D eigenvalue weighted by Crippen LogP contribution is -2.06. The molecule has 0 aliphatic carbocycles. The predicted octanol–water partition coefficient (Wildman–Crippen LogP) is 5.83. The second-order valence-electron chi connectivity index (χ2n) is 5.93. The summed E-state index contributed by atoms with van der Waals surface area (Å²) in [5.41, 5.74) is 1.58. The molecule has 0 atom stereocenters. The molecule has 0 radical (unpaired) electrons. The first-order chi connectivity index (χ1) is 12.3. The van der Waals surface area contributed by atoms with Crippen LogP contribution in [0.2, 0.25) is 10.0 Å². The van der Waals surface area contributed by atoms with E-state index < -0.39 is 11.7 Å². The first-order valence-corrected chi connectivity index (χ1v) is 8.59. The van der Waals surface area contributed by atoms with Gasteiger partial charge in [-0.3, -0.25) is 0 Å². The fourth-order valence-electron chi connectivity index (χ4n) is 3.04. The predicted molar refractivity (Wildman–Crippen MR) is 96.2 cm³/mol. The van der Waals surface area contributed by atoms with Crippen LogP contribution in [0.4, 0.5) is 19.0 Å². The summed E-state index contributed by atoms with van der Waals surface area (Å²) in [5, 5.41) is 8.60. The zero-order valence-electron chi connectivity index (χ0n) is 13.2. The molecule has 3 aromatic rings. The van der Waals surface area contributed by atoms with Crippen molar-refractivity contribution in [3.8, 4) is 16.9 Å². The Morgan fingerprint density at radius 2 is 1.77 bits per heavy atom. The molecule has 3 nitrogen and oxygen atoms in total. The summed E-state index contributed by atoms with van der Waals surface area (Å²) in [6.45, 7) is 0.685. The number of benzene rings is 2. The van der Waals surface area contributed by atoms with Gasteiger partial charge in [0.05, 0.1) is 22.0 Å². The van der Waals surface area contributed by atoms with Gasteiger partial charge in [-0.1, -0.05) is 23.2 Å². The van der Waals surface area contributed by atoms with Crippen molar-refractivity contribution in [1.82, 2.24) is 9.78 Å². The number of fused-ring (bicyclic) bond motifs is 1. The number of aromatic nitrogens is 2. The molecule has 4 rings (SSSR count). The highest BCUT2D eigenvalue weighted by Gasteiger charge is 2.32. The number of halogens is 5. The largest absolute Gasteiger partial charge is 0.416 e. The Bertz CT molecular complexity index is 979. The Morgan fingerprint density at radius 1 is 1.04 bits per heavy atom. The van der Waals surface area contributed by atoms with E-state index in [0.717, 1.165) is 29.2 Å². The summed E-state index contributed by atoms with van der Waals surface area (Å²) in [4.78, 5) is 0. The molecule has 2 heterocycles. The quantitative estimate of drug-likeness (QED) is 0.589. The number of anilines is 1. The van der Waals surface area contributed by atoms with Crippen LogP contribution in [0.1, 0.15) is 11.1 Å². The normalized spacial score (nSPS) is 13.6. The molecular formula is C18H12Cl2F3N3. The monoisotopic (exact) mass is 397 g/mol. The second-order valence-corrected chi connectivity index (χ2v) is 6.78. The van der Waals surface area contributed by atoms with Crippen LogP contribution >= 0.6 is 23.2 Å². The van der Waals surface area contributed by atoms with Crippen molar-refractivity contribution in [1.29, 1.82) is 0 Å². The maximum atomic E-state index is 13.1. The number of hydrogen-bond acceptors (Lipinski definition) is 2. The zero-order chi connectivity index (χ0) is 18.5. The van der Waals surface area contributed by atoms with Crippen molar-refractivity contribution < 1.29 is 13.2 Å². The highest BCUT2D eigenvalue weighted by molar-refractivity contribution is 6.33. The molecule has 1 aliphatic rings. The third kappa shape index (κ3) is 2.93. The van der Waals surface area contributed by atoms with Crippen LogP contribution in [0, 0.1) is 0 Å². The van der Waals surface area contributed by atoms with E-state index in [9.17, 15) is 13.2 Å². The van der Waals surface area contributed by atoms with E-state index in [1.807, 2.05) is 0 Å². The summed E-state index contributed by atoms with van der Waals surface area (Å²) < 4.78 is 41.0. The molecule has 1 aliphatic heterocycles. The van der Waals surface area contributed by atoms with Crippen LogP contribution in [0.25, 0.3) is 16.9 Å². The van der Waals surface area contributed by atoms with Crippen molar-refractivity contribution in [3.05, 3.63) is 63.6 Å². The molecule has 1 N–H and O–H groups in total. The van der Waals surface area contributed by atoms with Gasteiger partial charge in [-0.2, -0.15) is 18.3 Å². The molecule has 8 heteroatoms. The smallest absolute Gasteiger partial charge is 0.369 e. The molecule has 1 aromatic heterocycles. The van der Waals surface area contributed by atoms with Gasteiger partial charge < -0.3 is 5.32 Å².